The summed E-state index contributed by atoms with van der Waals surface area (Å²) in [6.45, 7) is 5.87. The number of rotatable bonds is 3. The number of carbonyl (C=O) groups is 1. The van der Waals surface area contributed by atoms with E-state index in [1.807, 2.05) is 0 Å². The van der Waals surface area contributed by atoms with Gasteiger partial charge in [0.15, 0.2) is 0 Å². The summed E-state index contributed by atoms with van der Waals surface area (Å²) < 4.78 is 0. The maximum Gasteiger partial charge on any atom is 0.148 e. The molecule has 1 atom stereocenters. The van der Waals surface area contributed by atoms with Crippen LogP contribution in [0.4, 0.5) is 0 Å². The predicted molar refractivity (Wildman–Crippen MR) is 49.2 cm³/mol. The number of hydrogen-bond donors (Lipinski definition) is 1. The van der Waals surface area contributed by atoms with Crippen LogP contribution in [0.25, 0.3) is 0 Å². The first-order valence-electron chi connectivity index (χ1n) is 4.55. The van der Waals surface area contributed by atoms with Crippen molar-refractivity contribution in [1.29, 1.82) is 0 Å². The van der Waals surface area contributed by atoms with Crippen molar-refractivity contribution in [3.63, 3.8) is 0 Å². The van der Waals surface area contributed by atoms with Crippen LogP contribution in [0.2, 0.25) is 0 Å². The lowest BCUT2D eigenvalue weighted by Crippen LogP contribution is -2.38. The topological polar surface area (TPSA) is 32.3 Å². The number of likely N-dealkylation sites (N-methyl/N-ethyl adjacent to an activating group) is 1. The van der Waals surface area contributed by atoms with Crippen LogP contribution in [0.5, 0.6) is 0 Å². The lowest BCUT2D eigenvalue weighted by Gasteiger charge is -2.24. The van der Waals surface area contributed by atoms with Crippen molar-refractivity contribution >= 4 is 5.78 Å². The van der Waals surface area contributed by atoms with Crippen molar-refractivity contribution in [3.8, 4) is 0 Å². The summed E-state index contributed by atoms with van der Waals surface area (Å²) in [5, 5.41) is 3.20. The molecule has 1 fully saturated rings. The van der Waals surface area contributed by atoms with E-state index in [-0.39, 0.29) is 0 Å². The van der Waals surface area contributed by atoms with Gasteiger partial charge in [0, 0.05) is 25.0 Å². The van der Waals surface area contributed by atoms with E-state index in [2.05, 4.69) is 31.1 Å². The van der Waals surface area contributed by atoms with Gasteiger partial charge in [-0.15, -0.1) is 0 Å². The first kappa shape index (κ1) is 9.68. The first-order chi connectivity index (χ1) is 5.59. The van der Waals surface area contributed by atoms with Crippen molar-refractivity contribution < 1.29 is 4.79 Å². The molecule has 70 valence electrons. The molecule has 1 saturated heterocycles. The van der Waals surface area contributed by atoms with Gasteiger partial charge >= 0.3 is 0 Å². The van der Waals surface area contributed by atoms with Crippen molar-refractivity contribution in [2.45, 2.75) is 32.4 Å². The van der Waals surface area contributed by atoms with E-state index < -0.39 is 0 Å². The van der Waals surface area contributed by atoms with Gasteiger partial charge in [0.1, 0.15) is 5.78 Å². The van der Waals surface area contributed by atoms with Gasteiger partial charge in [-0.3, -0.25) is 4.79 Å². The van der Waals surface area contributed by atoms with Gasteiger partial charge in [0.2, 0.25) is 0 Å². The van der Waals surface area contributed by atoms with Crippen LogP contribution >= 0.6 is 0 Å². The largest absolute Gasteiger partial charge is 0.305 e. The van der Waals surface area contributed by atoms with E-state index in [1.165, 1.54) is 0 Å². The number of ketones is 1. The van der Waals surface area contributed by atoms with Crippen LogP contribution in [-0.4, -0.2) is 42.9 Å². The zero-order valence-electron chi connectivity index (χ0n) is 8.13. The third-order valence-electron chi connectivity index (χ3n) is 2.45. The Kier molecular flexibility index (Phi) is 3.23. The molecule has 1 unspecified atom stereocenters. The Labute approximate surface area is 74.1 Å². The zero-order valence-corrected chi connectivity index (χ0v) is 8.13. The summed E-state index contributed by atoms with van der Waals surface area (Å²) in [6, 6.07) is 0.937. The molecule has 1 heterocycles. The molecular formula is C9H18N2O. The molecule has 0 saturated carbocycles. The molecule has 0 spiro atoms. The highest BCUT2D eigenvalue weighted by molar-refractivity contribution is 5.83. The zero-order chi connectivity index (χ0) is 9.14. The summed E-state index contributed by atoms with van der Waals surface area (Å²) in [5.41, 5.74) is 0. The predicted octanol–water partition coefficient (Wildman–Crippen LogP) is 0.258. The van der Waals surface area contributed by atoms with Crippen molar-refractivity contribution in [2.75, 3.05) is 20.1 Å². The fourth-order valence-electron chi connectivity index (χ4n) is 1.36. The van der Waals surface area contributed by atoms with E-state index in [4.69, 9.17) is 0 Å². The molecule has 0 amide bonds. The second-order valence-electron chi connectivity index (χ2n) is 3.85. The Balaban J connectivity index is 2.27. The minimum atomic E-state index is 0.345. The quantitative estimate of drug-likeness (QED) is 0.659. The third-order valence-corrected chi connectivity index (χ3v) is 2.45. The van der Waals surface area contributed by atoms with Crippen LogP contribution in [0.1, 0.15) is 20.3 Å². The van der Waals surface area contributed by atoms with E-state index in [1.54, 1.807) is 0 Å². The molecule has 0 aromatic heterocycles. The number of nitrogens with one attached hydrogen (secondary N) is 1. The molecule has 0 aromatic rings. The van der Waals surface area contributed by atoms with E-state index in [9.17, 15) is 4.79 Å². The maximum atomic E-state index is 10.9. The van der Waals surface area contributed by atoms with Gasteiger partial charge in [0.05, 0.1) is 6.54 Å². The highest BCUT2D eigenvalue weighted by Gasteiger charge is 2.22. The normalized spacial score (nSPS) is 24.4. The summed E-state index contributed by atoms with van der Waals surface area (Å²) >= 11 is 0. The summed E-state index contributed by atoms with van der Waals surface area (Å²) in [5.74, 6) is 0.345. The number of hydrogen-bond acceptors (Lipinski definition) is 3. The second-order valence-corrected chi connectivity index (χ2v) is 3.85. The molecule has 12 heavy (non-hydrogen) atoms. The van der Waals surface area contributed by atoms with Gasteiger partial charge in [0.25, 0.3) is 0 Å². The van der Waals surface area contributed by atoms with Gasteiger partial charge in [-0.1, -0.05) is 0 Å². The molecule has 1 aliphatic rings. The fourth-order valence-corrected chi connectivity index (χ4v) is 1.36. The molecule has 1 rings (SSSR count). The van der Waals surface area contributed by atoms with Gasteiger partial charge in [-0.25, -0.2) is 0 Å². The summed E-state index contributed by atoms with van der Waals surface area (Å²) in [6.07, 6.45) is 0.705. The van der Waals surface area contributed by atoms with Crippen molar-refractivity contribution in [1.82, 2.24) is 10.2 Å². The molecular weight excluding hydrogens is 152 g/mol. The van der Waals surface area contributed by atoms with E-state index >= 15 is 0 Å². The molecule has 0 bridgehead atoms. The monoisotopic (exact) mass is 170 g/mol. The molecule has 0 aromatic carbocycles. The Hall–Kier alpha value is -0.410. The Morgan fingerprint density at radius 2 is 2.33 bits per heavy atom. The van der Waals surface area contributed by atoms with Gasteiger partial charge in [-0.2, -0.15) is 0 Å². The van der Waals surface area contributed by atoms with E-state index in [0.717, 1.165) is 6.54 Å². The smallest absolute Gasteiger partial charge is 0.148 e. The summed E-state index contributed by atoms with van der Waals surface area (Å²) in [7, 11) is 2.09. The van der Waals surface area contributed by atoms with Crippen molar-refractivity contribution in [3.05, 3.63) is 0 Å². The average Bonchev–Trinajstić information content (AvgIpc) is 2.35. The fraction of sp³-hybridized carbons (Fsp3) is 0.889. The SMILES string of the molecule is CC(C)N(C)CC1CC(=O)CN1. The van der Waals surface area contributed by atoms with Crippen LogP contribution < -0.4 is 5.32 Å². The highest BCUT2D eigenvalue weighted by Crippen LogP contribution is 2.04. The molecule has 1 N–H and O–H groups in total. The molecule has 0 aliphatic carbocycles. The molecule has 0 radical (unpaired) electrons. The standard InChI is InChI=1S/C9H18N2O/c1-7(2)11(3)6-8-4-9(12)5-10-8/h7-8,10H,4-6H2,1-3H3. The first-order valence-corrected chi connectivity index (χ1v) is 4.55. The highest BCUT2D eigenvalue weighted by atomic mass is 16.1. The van der Waals surface area contributed by atoms with Crippen LogP contribution in [0.3, 0.4) is 0 Å². The van der Waals surface area contributed by atoms with E-state index in [0.29, 0.717) is 30.8 Å². The summed E-state index contributed by atoms with van der Waals surface area (Å²) in [4.78, 5) is 13.2. The number of nitrogens with zero attached hydrogens (tertiary/aromatic N) is 1. The minimum absolute atomic E-state index is 0.345. The maximum absolute atomic E-state index is 10.9. The Morgan fingerprint density at radius 3 is 2.75 bits per heavy atom. The van der Waals surface area contributed by atoms with Gasteiger partial charge < -0.3 is 10.2 Å². The Morgan fingerprint density at radius 1 is 1.67 bits per heavy atom. The number of carbonyl (C=O) groups excluding carboxylic acids is 1. The lowest BCUT2D eigenvalue weighted by molar-refractivity contribution is -0.116. The van der Waals surface area contributed by atoms with Crippen molar-refractivity contribution in [2.24, 2.45) is 0 Å². The van der Waals surface area contributed by atoms with Crippen LogP contribution in [0.15, 0.2) is 0 Å². The lowest BCUT2D eigenvalue weighted by atomic mass is 10.2. The molecule has 3 nitrogen and oxygen atoms in total. The van der Waals surface area contributed by atoms with Crippen LogP contribution in [-0.2, 0) is 4.79 Å². The third kappa shape index (κ3) is 2.57. The Bertz CT molecular complexity index is 168. The molecule has 3 heteroatoms. The molecule has 1 aliphatic heterocycles. The second kappa shape index (κ2) is 4.01. The average molecular weight is 170 g/mol. The van der Waals surface area contributed by atoms with Crippen LogP contribution in [0, 0.1) is 0 Å². The number of Topliss-reactive ketones (excluding diaryl/α,β-unsaturated/α-hetero) is 1. The minimum Gasteiger partial charge on any atom is -0.305 e. The van der Waals surface area contributed by atoms with Gasteiger partial charge in [-0.05, 0) is 20.9 Å².